The van der Waals surface area contributed by atoms with Gasteiger partial charge in [-0.15, -0.1) is 5.10 Å². The van der Waals surface area contributed by atoms with Crippen LogP contribution in [0.3, 0.4) is 0 Å². The second kappa shape index (κ2) is 6.75. The fraction of sp³-hybridized carbons (Fsp3) is 0.304. The van der Waals surface area contributed by atoms with Gasteiger partial charge >= 0.3 is 0 Å². The standard InChI is InChI=1S/C23H21N5O3/c29-21-13-20-23(27(21)15-19(31-23)16-7-3-1-4-8-16)11-12-26(20)22(30)18-14-24-25-28(18)17-9-5-2-6-10-17/h1-10,14,19-20H,11-13,15H2/t19-,20+,23-/m0/s1. The highest BCUT2D eigenvalue weighted by molar-refractivity contribution is 5.94. The zero-order valence-corrected chi connectivity index (χ0v) is 16.8. The molecule has 3 aliphatic rings. The average Bonchev–Trinajstić information content (AvgIpc) is 3.56. The van der Waals surface area contributed by atoms with Crippen LogP contribution >= 0.6 is 0 Å². The van der Waals surface area contributed by atoms with E-state index < -0.39 is 5.72 Å². The predicted octanol–water partition coefficient (Wildman–Crippen LogP) is 2.18. The Morgan fingerprint density at radius 2 is 1.81 bits per heavy atom. The van der Waals surface area contributed by atoms with Gasteiger partial charge in [0.05, 0.1) is 30.9 Å². The SMILES string of the molecule is O=C(c1cnnn1-c1ccccc1)N1CC[C@@]23O[C@H](c4ccccc4)CN2C(=O)C[C@@H]13. The molecule has 8 heteroatoms. The Labute approximate surface area is 179 Å². The van der Waals surface area contributed by atoms with Crippen molar-refractivity contribution in [1.82, 2.24) is 24.8 Å². The third-order valence-corrected chi connectivity index (χ3v) is 6.63. The lowest BCUT2D eigenvalue weighted by Gasteiger charge is -2.31. The normalized spacial score (nSPS) is 26.9. The summed E-state index contributed by atoms with van der Waals surface area (Å²) in [6.07, 6.45) is 2.18. The van der Waals surface area contributed by atoms with E-state index in [-0.39, 0.29) is 30.4 Å². The molecule has 0 saturated carbocycles. The molecule has 2 aromatic carbocycles. The minimum Gasteiger partial charge on any atom is -0.343 e. The first-order valence-corrected chi connectivity index (χ1v) is 10.5. The monoisotopic (exact) mass is 415 g/mol. The van der Waals surface area contributed by atoms with Crippen LogP contribution < -0.4 is 0 Å². The third-order valence-electron chi connectivity index (χ3n) is 6.63. The Morgan fingerprint density at radius 1 is 1.06 bits per heavy atom. The number of carbonyl (C=O) groups excluding carboxylic acids is 2. The molecule has 0 bridgehead atoms. The Balaban J connectivity index is 1.31. The highest BCUT2D eigenvalue weighted by atomic mass is 16.5. The third kappa shape index (κ3) is 2.64. The van der Waals surface area contributed by atoms with Crippen molar-refractivity contribution in [3.63, 3.8) is 0 Å². The van der Waals surface area contributed by atoms with Gasteiger partial charge in [-0.05, 0) is 17.7 Å². The first-order chi connectivity index (χ1) is 15.2. The molecule has 1 aromatic heterocycles. The van der Waals surface area contributed by atoms with E-state index in [4.69, 9.17) is 4.74 Å². The van der Waals surface area contributed by atoms with Crippen molar-refractivity contribution in [2.75, 3.05) is 13.1 Å². The minimum absolute atomic E-state index is 0.0376. The summed E-state index contributed by atoms with van der Waals surface area (Å²) in [5.74, 6) is -0.146. The summed E-state index contributed by atoms with van der Waals surface area (Å²) in [5, 5.41) is 8.07. The van der Waals surface area contributed by atoms with E-state index in [2.05, 4.69) is 10.3 Å². The van der Waals surface area contributed by atoms with Gasteiger partial charge in [-0.2, -0.15) is 0 Å². The number of likely N-dealkylation sites (tertiary alicyclic amines) is 1. The summed E-state index contributed by atoms with van der Waals surface area (Å²) in [4.78, 5) is 30.0. The van der Waals surface area contributed by atoms with Crippen molar-refractivity contribution in [3.05, 3.63) is 78.1 Å². The fourth-order valence-electron chi connectivity index (χ4n) is 5.20. The predicted molar refractivity (Wildman–Crippen MR) is 110 cm³/mol. The van der Waals surface area contributed by atoms with Gasteiger partial charge < -0.3 is 14.5 Å². The lowest BCUT2D eigenvalue weighted by molar-refractivity contribution is -0.138. The maximum absolute atomic E-state index is 13.5. The Morgan fingerprint density at radius 3 is 2.58 bits per heavy atom. The summed E-state index contributed by atoms with van der Waals surface area (Å²) in [7, 11) is 0. The van der Waals surface area contributed by atoms with Crippen LogP contribution in [-0.4, -0.2) is 61.5 Å². The zero-order valence-electron chi connectivity index (χ0n) is 16.8. The minimum atomic E-state index is -0.752. The van der Waals surface area contributed by atoms with Crippen LogP contribution in [0.1, 0.15) is 35.0 Å². The number of ether oxygens (including phenoxy) is 1. The molecule has 0 N–H and O–H groups in total. The molecule has 3 atom stereocenters. The molecule has 6 rings (SSSR count). The molecule has 3 aliphatic heterocycles. The number of rotatable bonds is 3. The largest absolute Gasteiger partial charge is 0.343 e. The molecule has 8 nitrogen and oxygen atoms in total. The summed E-state index contributed by atoms with van der Waals surface area (Å²) < 4.78 is 8.08. The van der Waals surface area contributed by atoms with Gasteiger partial charge in [0.25, 0.3) is 5.91 Å². The first kappa shape index (κ1) is 18.3. The molecule has 4 heterocycles. The van der Waals surface area contributed by atoms with Crippen LogP contribution in [-0.2, 0) is 9.53 Å². The van der Waals surface area contributed by atoms with Crippen molar-refractivity contribution in [2.45, 2.75) is 30.7 Å². The van der Waals surface area contributed by atoms with Crippen molar-refractivity contribution in [2.24, 2.45) is 0 Å². The molecule has 156 valence electrons. The highest BCUT2D eigenvalue weighted by Crippen LogP contribution is 2.50. The van der Waals surface area contributed by atoms with Crippen LogP contribution in [0.2, 0.25) is 0 Å². The number of nitrogens with zero attached hydrogens (tertiary/aromatic N) is 5. The number of amides is 2. The average molecular weight is 415 g/mol. The summed E-state index contributed by atoms with van der Waals surface area (Å²) in [6, 6.07) is 19.1. The van der Waals surface area contributed by atoms with Crippen molar-refractivity contribution < 1.29 is 14.3 Å². The Hall–Kier alpha value is -3.52. The summed E-state index contributed by atoms with van der Waals surface area (Å²) >= 11 is 0. The summed E-state index contributed by atoms with van der Waals surface area (Å²) in [6.45, 7) is 1.04. The highest BCUT2D eigenvalue weighted by Gasteiger charge is 2.65. The van der Waals surface area contributed by atoms with E-state index in [1.54, 1.807) is 9.58 Å². The van der Waals surface area contributed by atoms with Crippen molar-refractivity contribution in [3.8, 4) is 5.69 Å². The Kier molecular flexibility index (Phi) is 3.97. The molecule has 3 saturated heterocycles. The maximum atomic E-state index is 13.5. The van der Waals surface area contributed by atoms with E-state index in [1.165, 1.54) is 6.20 Å². The maximum Gasteiger partial charge on any atom is 0.274 e. The van der Waals surface area contributed by atoms with E-state index in [0.29, 0.717) is 25.2 Å². The first-order valence-electron chi connectivity index (χ1n) is 10.5. The van der Waals surface area contributed by atoms with Gasteiger partial charge in [0.15, 0.2) is 11.4 Å². The van der Waals surface area contributed by atoms with Gasteiger partial charge in [0.2, 0.25) is 5.91 Å². The number of benzene rings is 2. The molecular weight excluding hydrogens is 394 g/mol. The fourth-order valence-corrected chi connectivity index (χ4v) is 5.20. The van der Waals surface area contributed by atoms with E-state index >= 15 is 0 Å². The van der Waals surface area contributed by atoms with E-state index in [1.807, 2.05) is 65.6 Å². The van der Waals surface area contributed by atoms with Crippen LogP contribution in [0, 0.1) is 0 Å². The molecule has 2 amide bonds. The molecule has 0 unspecified atom stereocenters. The quantitative estimate of drug-likeness (QED) is 0.655. The van der Waals surface area contributed by atoms with Crippen LogP contribution in [0.15, 0.2) is 66.9 Å². The lowest BCUT2D eigenvalue weighted by Crippen LogP contribution is -2.49. The van der Waals surface area contributed by atoms with E-state index in [9.17, 15) is 9.59 Å². The molecule has 0 aliphatic carbocycles. The van der Waals surface area contributed by atoms with Crippen molar-refractivity contribution in [1.29, 1.82) is 0 Å². The van der Waals surface area contributed by atoms with Gasteiger partial charge in [-0.1, -0.05) is 53.7 Å². The van der Waals surface area contributed by atoms with E-state index in [0.717, 1.165) is 11.3 Å². The molecular formula is C23H21N5O3. The second-order valence-electron chi connectivity index (χ2n) is 8.20. The van der Waals surface area contributed by atoms with Gasteiger partial charge in [-0.3, -0.25) is 9.59 Å². The number of carbonyl (C=O) groups is 2. The molecule has 31 heavy (non-hydrogen) atoms. The number of hydrogen-bond acceptors (Lipinski definition) is 5. The van der Waals surface area contributed by atoms with Gasteiger partial charge in [0.1, 0.15) is 6.10 Å². The number of aromatic nitrogens is 3. The van der Waals surface area contributed by atoms with Crippen LogP contribution in [0.5, 0.6) is 0 Å². The van der Waals surface area contributed by atoms with Crippen molar-refractivity contribution >= 4 is 11.8 Å². The smallest absolute Gasteiger partial charge is 0.274 e. The molecule has 0 radical (unpaired) electrons. The zero-order chi connectivity index (χ0) is 21.0. The van der Waals surface area contributed by atoms with Crippen LogP contribution in [0.4, 0.5) is 0 Å². The molecule has 1 spiro atoms. The van der Waals surface area contributed by atoms with Gasteiger partial charge in [-0.25, -0.2) is 4.68 Å². The topological polar surface area (TPSA) is 80.6 Å². The van der Waals surface area contributed by atoms with Crippen LogP contribution in [0.25, 0.3) is 5.69 Å². The second-order valence-corrected chi connectivity index (χ2v) is 8.20. The summed E-state index contributed by atoms with van der Waals surface area (Å²) in [5.41, 5.74) is 1.45. The molecule has 3 fully saturated rings. The van der Waals surface area contributed by atoms with Gasteiger partial charge in [0, 0.05) is 13.0 Å². The Bertz CT molecular complexity index is 1150. The number of hydrogen-bond donors (Lipinski definition) is 0. The number of para-hydroxylation sites is 1. The lowest BCUT2D eigenvalue weighted by atomic mass is 10.1. The molecule has 3 aromatic rings.